The van der Waals surface area contributed by atoms with E-state index in [9.17, 15) is 13.5 Å². The minimum atomic E-state index is -3.61. The SMILES string of the molecule is Cl.O=S(=O)(NC1(CO)CCNCC1)c1ccc(Cl)s1. The first-order valence-electron chi connectivity index (χ1n) is 5.58. The fraction of sp³-hybridized carbons (Fsp3) is 0.600. The summed E-state index contributed by atoms with van der Waals surface area (Å²) >= 11 is 6.75. The molecule has 0 bridgehead atoms. The van der Waals surface area contributed by atoms with Gasteiger partial charge in [-0.05, 0) is 38.1 Å². The van der Waals surface area contributed by atoms with Crippen LogP contribution in [0.1, 0.15) is 12.8 Å². The topological polar surface area (TPSA) is 78.4 Å². The molecule has 110 valence electrons. The van der Waals surface area contributed by atoms with Gasteiger partial charge < -0.3 is 10.4 Å². The molecule has 0 atom stereocenters. The van der Waals surface area contributed by atoms with Crippen LogP contribution in [-0.4, -0.2) is 38.8 Å². The maximum Gasteiger partial charge on any atom is 0.250 e. The van der Waals surface area contributed by atoms with Gasteiger partial charge in [-0.2, -0.15) is 0 Å². The Morgan fingerprint density at radius 3 is 2.53 bits per heavy atom. The summed E-state index contributed by atoms with van der Waals surface area (Å²) < 4.78 is 27.6. The Morgan fingerprint density at radius 2 is 2.05 bits per heavy atom. The van der Waals surface area contributed by atoms with Crippen molar-refractivity contribution in [1.29, 1.82) is 0 Å². The molecule has 3 N–H and O–H groups in total. The Labute approximate surface area is 127 Å². The number of halogens is 2. The summed E-state index contributed by atoms with van der Waals surface area (Å²) in [6, 6.07) is 3.02. The Morgan fingerprint density at radius 1 is 1.42 bits per heavy atom. The van der Waals surface area contributed by atoms with Crippen molar-refractivity contribution in [2.75, 3.05) is 19.7 Å². The Hall–Kier alpha value is 0.110. The van der Waals surface area contributed by atoms with Crippen LogP contribution in [0.2, 0.25) is 4.34 Å². The van der Waals surface area contributed by atoms with Crippen molar-refractivity contribution in [3.63, 3.8) is 0 Å². The minimum absolute atomic E-state index is 0. The summed E-state index contributed by atoms with van der Waals surface area (Å²) in [5.41, 5.74) is -0.763. The van der Waals surface area contributed by atoms with E-state index in [1.165, 1.54) is 6.07 Å². The van der Waals surface area contributed by atoms with Gasteiger partial charge in [-0.1, -0.05) is 11.6 Å². The van der Waals surface area contributed by atoms with Crippen molar-refractivity contribution in [3.8, 4) is 0 Å². The molecule has 2 heterocycles. The van der Waals surface area contributed by atoms with E-state index >= 15 is 0 Å². The van der Waals surface area contributed by atoms with Gasteiger partial charge in [-0.25, -0.2) is 13.1 Å². The molecule has 0 saturated carbocycles. The number of aliphatic hydroxyl groups excluding tert-OH is 1. The van der Waals surface area contributed by atoms with Crippen LogP contribution in [0.5, 0.6) is 0 Å². The molecule has 1 aliphatic rings. The molecule has 1 aliphatic heterocycles. The van der Waals surface area contributed by atoms with Gasteiger partial charge in [0.15, 0.2) is 0 Å². The number of piperidine rings is 1. The van der Waals surface area contributed by atoms with Crippen LogP contribution in [-0.2, 0) is 10.0 Å². The van der Waals surface area contributed by atoms with E-state index in [1.54, 1.807) is 6.07 Å². The van der Waals surface area contributed by atoms with Crippen LogP contribution in [0.25, 0.3) is 0 Å². The second-order valence-corrected chi connectivity index (χ2v) is 7.98. The zero-order valence-electron chi connectivity index (χ0n) is 10.1. The highest BCUT2D eigenvalue weighted by Crippen LogP contribution is 2.28. The van der Waals surface area contributed by atoms with Gasteiger partial charge in [0.1, 0.15) is 4.21 Å². The van der Waals surface area contributed by atoms with Crippen LogP contribution < -0.4 is 10.0 Å². The lowest BCUT2D eigenvalue weighted by atomic mass is 9.91. The predicted octanol–water partition coefficient (Wildman–Crippen LogP) is 1.22. The first-order chi connectivity index (χ1) is 8.47. The molecular formula is C10H16Cl2N2O3S2. The quantitative estimate of drug-likeness (QED) is 0.765. The standard InChI is InChI=1S/C10H15ClN2O3S2.ClH/c11-8-1-2-9(17-8)18(15,16)13-10(7-14)3-5-12-6-4-10;/h1-2,12-14H,3-7H2;1H. The third-order valence-electron chi connectivity index (χ3n) is 3.03. The van der Waals surface area contributed by atoms with Gasteiger partial charge in [-0.15, -0.1) is 23.7 Å². The molecule has 1 saturated heterocycles. The molecule has 19 heavy (non-hydrogen) atoms. The van der Waals surface area contributed by atoms with Gasteiger partial charge in [0, 0.05) is 0 Å². The molecule has 2 rings (SSSR count). The third kappa shape index (κ3) is 4.04. The van der Waals surface area contributed by atoms with Crippen LogP contribution in [0, 0.1) is 0 Å². The molecule has 1 aromatic rings. The van der Waals surface area contributed by atoms with Crippen molar-refractivity contribution >= 4 is 45.4 Å². The summed E-state index contributed by atoms with van der Waals surface area (Å²) in [6.45, 7) is 1.18. The molecule has 0 aromatic carbocycles. The van der Waals surface area contributed by atoms with Gasteiger partial charge in [0.2, 0.25) is 0 Å². The van der Waals surface area contributed by atoms with Crippen molar-refractivity contribution in [2.24, 2.45) is 0 Å². The molecule has 1 fully saturated rings. The van der Waals surface area contributed by atoms with Gasteiger partial charge in [-0.3, -0.25) is 0 Å². The lowest BCUT2D eigenvalue weighted by Gasteiger charge is -2.36. The van der Waals surface area contributed by atoms with E-state index in [4.69, 9.17) is 11.6 Å². The molecule has 0 spiro atoms. The van der Waals surface area contributed by atoms with E-state index in [0.717, 1.165) is 11.3 Å². The van der Waals surface area contributed by atoms with Gasteiger partial charge >= 0.3 is 0 Å². The van der Waals surface area contributed by atoms with Crippen molar-refractivity contribution in [2.45, 2.75) is 22.6 Å². The summed E-state index contributed by atoms with van der Waals surface area (Å²) in [5, 5.41) is 12.6. The molecule has 0 aliphatic carbocycles. The molecule has 0 unspecified atom stereocenters. The van der Waals surface area contributed by atoms with Crippen LogP contribution in [0.4, 0.5) is 0 Å². The summed E-state index contributed by atoms with van der Waals surface area (Å²) in [7, 11) is -3.61. The second-order valence-electron chi connectivity index (χ2n) is 4.35. The number of hydrogen-bond acceptors (Lipinski definition) is 5. The van der Waals surface area contributed by atoms with Crippen LogP contribution in [0.3, 0.4) is 0 Å². The largest absolute Gasteiger partial charge is 0.394 e. The van der Waals surface area contributed by atoms with Gasteiger partial charge in [0.05, 0.1) is 16.5 Å². The lowest BCUT2D eigenvalue weighted by molar-refractivity contribution is 0.148. The molecule has 0 radical (unpaired) electrons. The zero-order valence-corrected chi connectivity index (χ0v) is 13.3. The Kier molecular flexibility index (Phi) is 6.06. The fourth-order valence-corrected chi connectivity index (χ4v) is 4.91. The smallest absolute Gasteiger partial charge is 0.250 e. The van der Waals surface area contributed by atoms with Crippen molar-refractivity contribution in [3.05, 3.63) is 16.5 Å². The second kappa shape index (κ2) is 6.71. The Balaban J connectivity index is 0.00000180. The van der Waals surface area contributed by atoms with E-state index in [-0.39, 0.29) is 23.2 Å². The lowest BCUT2D eigenvalue weighted by Crippen LogP contribution is -2.56. The Bertz CT molecular complexity index is 513. The average Bonchev–Trinajstić information content (AvgIpc) is 2.77. The maximum atomic E-state index is 12.2. The van der Waals surface area contributed by atoms with Gasteiger partial charge in [0.25, 0.3) is 10.0 Å². The minimum Gasteiger partial charge on any atom is -0.394 e. The van der Waals surface area contributed by atoms with Crippen LogP contribution >= 0.6 is 35.3 Å². The fourth-order valence-electron chi connectivity index (χ4n) is 1.98. The highest BCUT2D eigenvalue weighted by molar-refractivity contribution is 7.91. The number of rotatable bonds is 4. The number of hydrogen-bond donors (Lipinski definition) is 3. The predicted molar refractivity (Wildman–Crippen MR) is 78.8 cm³/mol. The van der Waals surface area contributed by atoms with E-state index in [1.807, 2.05) is 0 Å². The number of nitrogens with one attached hydrogen (secondary N) is 2. The monoisotopic (exact) mass is 346 g/mol. The third-order valence-corrected chi connectivity index (χ3v) is 6.33. The molecule has 9 heteroatoms. The first kappa shape index (κ1) is 17.2. The summed E-state index contributed by atoms with van der Waals surface area (Å²) in [6.07, 6.45) is 1.14. The summed E-state index contributed by atoms with van der Waals surface area (Å²) in [4.78, 5) is 0. The normalized spacial score (nSPS) is 18.8. The molecular weight excluding hydrogens is 331 g/mol. The first-order valence-corrected chi connectivity index (χ1v) is 8.26. The number of aliphatic hydroxyl groups is 1. The van der Waals surface area contributed by atoms with E-state index < -0.39 is 15.6 Å². The molecule has 0 amide bonds. The highest BCUT2D eigenvalue weighted by Gasteiger charge is 2.36. The summed E-state index contributed by atoms with van der Waals surface area (Å²) in [5.74, 6) is 0. The maximum absolute atomic E-state index is 12.2. The zero-order chi connectivity index (χ0) is 13.2. The van der Waals surface area contributed by atoms with Crippen molar-refractivity contribution < 1.29 is 13.5 Å². The van der Waals surface area contributed by atoms with E-state index in [0.29, 0.717) is 30.3 Å². The van der Waals surface area contributed by atoms with E-state index in [2.05, 4.69) is 10.0 Å². The number of thiophene rings is 1. The molecule has 1 aromatic heterocycles. The average molecular weight is 347 g/mol. The van der Waals surface area contributed by atoms with Crippen LogP contribution in [0.15, 0.2) is 16.3 Å². The highest BCUT2D eigenvalue weighted by atomic mass is 35.5. The van der Waals surface area contributed by atoms with Crippen molar-refractivity contribution in [1.82, 2.24) is 10.0 Å². The molecule has 5 nitrogen and oxygen atoms in total. The number of sulfonamides is 1.